The highest BCUT2D eigenvalue weighted by atomic mass is 16.4. The van der Waals surface area contributed by atoms with Crippen molar-refractivity contribution >= 4 is 11.9 Å². The Hall–Kier alpha value is -1.65. The molecular formula is C13H19N3O2. The van der Waals surface area contributed by atoms with Gasteiger partial charge in [0.25, 0.3) is 0 Å². The molecule has 0 bridgehead atoms. The summed E-state index contributed by atoms with van der Waals surface area (Å²) >= 11 is 0. The molecule has 5 heteroatoms. The zero-order chi connectivity index (χ0) is 13.0. The average molecular weight is 249 g/mol. The van der Waals surface area contributed by atoms with Crippen molar-refractivity contribution in [2.24, 2.45) is 5.41 Å². The second-order valence-corrected chi connectivity index (χ2v) is 4.87. The fraction of sp³-hybridized carbons (Fsp3) is 0.615. The van der Waals surface area contributed by atoms with Gasteiger partial charge in [-0.05, 0) is 25.3 Å². The van der Waals surface area contributed by atoms with E-state index in [1.807, 2.05) is 6.92 Å². The molecule has 0 radical (unpaired) electrons. The number of carboxylic acids is 1. The van der Waals surface area contributed by atoms with Gasteiger partial charge >= 0.3 is 5.97 Å². The number of hydrogen-bond donors (Lipinski definition) is 1. The van der Waals surface area contributed by atoms with Crippen LogP contribution in [0.15, 0.2) is 18.5 Å². The van der Waals surface area contributed by atoms with Crippen molar-refractivity contribution in [3.63, 3.8) is 0 Å². The Labute approximate surface area is 107 Å². The smallest absolute Gasteiger partial charge is 0.309 e. The molecule has 1 N–H and O–H groups in total. The maximum absolute atomic E-state index is 11.5. The predicted molar refractivity (Wildman–Crippen MR) is 68.5 cm³/mol. The third kappa shape index (κ3) is 2.44. The van der Waals surface area contributed by atoms with Crippen LogP contribution in [0.1, 0.15) is 32.6 Å². The number of carbonyl (C=O) groups is 1. The van der Waals surface area contributed by atoms with Gasteiger partial charge in [0.05, 0.1) is 5.41 Å². The molecule has 1 aromatic heterocycles. The molecule has 1 fully saturated rings. The number of rotatable bonds is 4. The van der Waals surface area contributed by atoms with Crippen LogP contribution in [0.5, 0.6) is 0 Å². The van der Waals surface area contributed by atoms with Gasteiger partial charge in [-0.3, -0.25) is 4.79 Å². The van der Waals surface area contributed by atoms with Crippen molar-refractivity contribution in [1.82, 2.24) is 9.97 Å². The van der Waals surface area contributed by atoms with Crippen molar-refractivity contribution in [1.29, 1.82) is 0 Å². The summed E-state index contributed by atoms with van der Waals surface area (Å²) in [6, 6.07) is 1.78. The summed E-state index contributed by atoms with van der Waals surface area (Å²) < 4.78 is 0. The zero-order valence-electron chi connectivity index (χ0n) is 10.7. The summed E-state index contributed by atoms with van der Waals surface area (Å²) in [5, 5.41) is 9.43. The van der Waals surface area contributed by atoms with Crippen LogP contribution in [0.3, 0.4) is 0 Å². The first-order chi connectivity index (χ1) is 8.68. The summed E-state index contributed by atoms with van der Waals surface area (Å²) in [4.78, 5) is 21.9. The molecule has 0 saturated carbocycles. The second kappa shape index (κ2) is 5.33. The first-order valence-corrected chi connectivity index (χ1v) is 6.43. The molecule has 0 unspecified atom stereocenters. The van der Waals surface area contributed by atoms with Crippen molar-refractivity contribution in [3.8, 4) is 0 Å². The van der Waals surface area contributed by atoms with E-state index >= 15 is 0 Å². The van der Waals surface area contributed by atoms with E-state index < -0.39 is 11.4 Å². The minimum atomic E-state index is -0.655. The summed E-state index contributed by atoms with van der Waals surface area (Å²) in [5.74, 6) is 0.0472. The summed E-state index contributed by atoms with van der Waals surface area (Å²) in [7, 11) is 0. The molecule has 2 rings (SSSR count). The van der Waals surface area contributed by atoms with Gasteiger partial charge < -0.3 is 10.0 Å². The van der Waals surface area contributed by atoms with E-state index in [0.717, 1.165) is 25.9 Å². The standard InChI is InChI=1S/C13H19N3O2/c1-2-4-13(11(17)18)5-9-16(10-6-13)12-14-7-3-8-15-12/h3,7-8H,2,4-6,9-10H2,1H3,(H,17,18). The summed E-state index contributed by atoms with van der Waals surface area (Å²) in [5.41, 5.74) is -0.542. The molecule has 0 amide bonds. The van der Waals surface area contributed by atoms with E-state index in [-0.39, 0.29) is 0 Å². The molecule has 1 aliphatic heterocycles. The Bertz CT molecular complexity index is 400. The van der Waals surface area contributed by atoms with Crippen LogP contribution < -0.4 is 4.90 Å². The number of hydrogen-bond acceptors (Lipinski definition) is 4. The maximum Gasteiger partial charge on any atom is 0.309 e. The molecule has 18 heavy (non-hydrogen) atoms. The number of nitrogens with zero attached hydrogens (tertiary/aromatic N) is 3. The van der Waals surface area contributed by atoms with Crippen LogP contribution in [0.4, 0.5) is 5.95 Å². The normalized spacial score (nSPS) is 18.6. The maximum atomic E-state index is 11.5. The van der Waals surface area contributed by atoms with Crippen LogP contribution in [0, 0.1) is 5.41 Å². The molecule has 0 aliphatic carbocycles. The Morgan fingerprint density at radius 3 is 2.50 bits per heavy atom. The van der Waals surface area contributed by atoms with E-state index in [9.17, 15) is 9.90 Å². The number of carboxylic acid groups (broad SMARTS) is 1. The van der Waals surface area contributed by atoms with Gasteiger partial charge in [0.15, 0.2) is 0 Å². The molecule has 2 heterocycles. The lowest BCUT2D eigenvalue weighted by molar-refractivity contribution is -0.150. The molecule has 0 spiro atoms. The minimum absolute atomic E-state index is 0.542. The molecular weight excluding hydrogens is 230 g/mol. The third-order valence-electron chi connectivity index (χ3n) is 3.74. The van der Waals surface area contributed by atoms with E-state index in [4.69, 9.17) is 0 Å². The highest BCUT2D eigenvalue weighted by molar-refractivity contribution is 5.75. The lowest BCUT2D eigenvalue weighted by Crippen LogP contribution is -2.45. The highest BCUT2D eigenvalue weighted by Gasteiger charge is 2.40. The molecule has 1 aliphatic rings. The van der Waals surface area contributed by atoms with Gasteiger partial charge in [-0.1, -0.05) is 13.3 Å². The topological polar surface area (TPSA) is 66.3 Å². The van der Waals surface area contributed by atoms with Crippen molar-refractivity contribution < 1.29 is 9.90 Å². The molecule has 5 nitrogen and oxygen atoms in total. The number of aromatic nitrogens is 2. The fourth-order valence-corrected chi connectivity index (χ4v) is 2.64. The number of aliphatic carboxylic acids is 1. The van der Waals surface area contributed by atoms with Crippen molar-refractivity contribution in [2.45, 2.75) is 32.6 Å². The Morgan fingerprint density at radius 1 is 1.39 bits per heavy atom. The molecule has 1 saturated heterocycles. The molecule has 0 atom stereocenters. The first kappa shape index (κ1) is 12.8. The van der Waals surface area contributed by atoms with Crippen LogP contribution in [0.2, 0.25) is 0 Å². The molecule has 0 aromatic carbocycles. The second-order valence-electron chi connectivity index (χ2n) is 4.87. The third-order valence-corrected chi connectivity index (χ3v) is 3.74. The first-order valence-electron chi connectivity index (χ1n) is 6.43. The van der Waals surface area contributed by atoms with Gasteiger partial charge in [-0.15, -0.1) is 0 Å². The van der Waals surface area contributed by atoms with Crippen LogP contribution >= 0.6 is 0 Å². The van der Waals surface area contributed by atoms with E-state index in [0.29, 0.717) is 18.8 Å². The largest absolute Gasteiger partial charge is 0.481 e. The van der Waals surface area contributed by atoms with Gasteiger partial charge in [0.2, 0.25) is 5.95 Å². The highest BCUT2D eigenvalue weighted by Crippen LogP contribution is 2.37. The predicted octanol–water partition coefficient (Wildman–Crippen LogP) is 1.95. The van der Waals surface area contributed by atoms with Gasteiger partial charge in [-0.25, -0.2) is 9.97 Å². The number of anilines is 1. The van der Waals surface area contributed by atoms with Gasteiger partial charge in [0, 0.05) is 25.5 Å². The number of piperidine rings is 1. The van der Waals surface area contributed by atoms with Crippen LogP contribution in [-0.2, 0) is 4.79 Å². The van der Waals surface area contributed by atoms with E-state index in [1.165, 1.54) is 0 Å². The van der Waals surface area contributed by atoms with E-state index in [1.54, 1.807) is 18.5 Å². The van der Waals surface area contributed by atoms with Crippen molar-refractivity contribution in [3.05, 3.63) is 18.5 Å². The zero-order valence-corrected chi connectivity index (χ0v) is 10.7. The molecule has 1 aromatic rings. The monoisotopic (exact) mass is 249 g/mol. The minimum Gasteiger partial charge on any atom is -0.481 e. The lowest BCUT2D eigenvalue weighted by Gasteiger charge is -2.38. The quantitative estimate of drug-likeness (QED) is 0.883. The average Bonchev–Trinajstić information content (AvgIpc) is 2.41. The molecule has 98 valence electrons. The van der Waals surface area contributed by atoms with Gasteiger partial charge in [-0.2, -0.15) is 0 Å². The SMILES string of the molecule is CCCC1(C(=O)O)CCN(c2ncccn2)CC1. The fourth-order valence-electron chi connectivity index (χ4n) is 2.64. The van der Waals surface area contributed by atoms with Gasteiger partial charge in [0.1, 0.15) is 0 Å². The Kier molecular flexibility index (Phi) is 3.79. The van der Waals surface area contributed by atoms with Crippen LogP contribution in [-0.4, -0.2) is 34.1 Å². The lowest BCUT2D eigenvalue weighted by atomic mass is 9.75. The van der Waals surface area contributed by atoms with Crippen LogP contribution in [0.25, 0.3) is 0 Å². The Morgan fingerprint density at radius 2 is 2.00 bits per heavy atom. The van der Waals surface area contributed by atoms with E-state index in [2.05, 4.69) is 14.9 Å². The summed E-state index contributed by atoms with van der Waals surface area (Å²) in [6.07, 6.45) is 6.45. The Balaban J connectivity index is 2.05. The van der Waals surface area contributed by atoms with Crippen molar-refractivity contribution in [2.75, 3.05) is 18.0 Å². The summed E-state index contributed by atoms with van der Waals surface area (Å²) in [6.45, 7) is 3.48.